The highest BCUT2D eigenvalue weighted by Gasteiger charge is 2.34. The summed E-state index contributed by atoms with van der Waals surface area (Å²) in [7, 11) is 0. The van der Waals surface area contributed by atoms with Crippen LogP contribution in [0, 0.1) is 17.2 Å². The lowest BCUT2D eigenvalue weighted by molar-refractivity contribution is 0.199. The smallest absolute Gasteiger partial charge is 0.346 e. The molecule has 5 heteroatoms. The lowest BCUT2D eigenvalue weighted by atomic mass is 10.0. The number of nitriles is 1. The minimum Gasteiger partial charge on any atom is -0.385 e. The van der Waals surface area contributed by atoms with Crippen molar-refractivity contribution in [3.8, 4) is 6.07 Å². The van der Waals surface area contributed by atoms with Gasteiger partial charge in [0.15, 0.2) is 0 Å². The average Bonchev–Trinajstić information content (AvgIpc) is 2.63. The molecule has 2 rings (SSSR count). The van der Waals surface area contributed by atoms with Gasteiger partial charge < -0.3 is 10.6 Å². The predicted octanol–water partition coefficient (Wildman–Crippen LogP) is 2.05. The molecule has 1 aliphatic heterocycles. The van der Waals surface area contributed by atoms with E-state index >= 15 is 0 Å². The predicted molar refractivity (Wildman–Crippen MR) is 72.5 cm³/mol. The molecule has 0 aliphatic carbocycles. The van der Waals surface area contributed by atoms with Crippen LogP contribution in [0.25, 0.3) is 0 Å². The molecule has 2 N–H and O–H groups in total. The summed E-state index contributed by atoms with van der Waals surface area (Å²) in [5.41, 5.74) is 7.24. The molecule has 0 aromatic heterocycles. The maximum absolute atomic E-state index is 11.9. The Bertz CT molecular complexity index is 571. The second-order valence-corrected chi connectivity index (χ2v) is 5.01. The second-order valence-electron chi connectivity index (χ2n) is 5.01. The van der Waals surface area contributed by atoms with E-state index in [0.29, 0.717) is 23.9 Å². The third-order valence-electron chi connectivity index (χ3n) is 2.96. The Balaban J connectivity index is 2.37. The number of rotatable bonds is 3. The van der Waals surface area contributed by atoms with Crippen LogP contribution in [-0.4, -0.2) is 23.3 Å². The summed E-state index contributed by atoms with van der Waals surface area (Å²) in [5.74, 6) is 0.618. The quantitative estimate of drug-likeness (QED) is 0.898. The van der Waals surface area contributed by atoms with Gasteiger partial charge in [-0.05, 0) is 23.6 Å². The van der Waals surface area contributed by atoms with Gasteiger partial charge in [-0.25, -0.2) is 4.79 Å². The van der Waals surface area contributed by atoms with Gasteiger partial charge in [0.05, 0.1) is 11.6 Å². The monoisotopic (exact) mass is 256 g/mol. The van der Waals surface area contributed by atoms with Crippen LogP contribution < -0.4 is 5.73 Å². The molecular formula is C14H16N4O. The maximum atomic E-state index is 11.9. The summed E-state index contributed by atoms with van der Waals surface area (Å²) < 4.78 is 0. The van der Waals surface area contributed by atoms with Gasteiger partial charge in [-0.2, -0.15) is 10.3 Å². The first-order valence-electron chi connectivity index (χ1n) is 6.17. The van der Waals surface area contributed by atoms with Crippen LogP contribution >= 0.6 is 0 Å². The second kappa shape index (κ2) is 5.11. The van der Waals surface area contributed by atoms with Crippen molar-refractivity contribution in [1.82, 2.24) is 4.90 Å². The maximum Gasteiger partial charge on any atom is 0.346 e. The Hall–Kier alpha value is -2.35. The van der Waals surface area contributed by atoms with Gasteiger partial charge in [0.25, 0.3) is 0 Å². The molecular weight excluding hydrogens is 240 g/mol. The molecule has 0 saturated heterocycles. The van der Waals surface area contributed by atoms with E-state index < -0.39 is 0 Å². The summed E-state index contributed by atoms with van der Waals surface area (Å²) in [6, 6.07) is 8.55. The summed E-state index contributed by atoms with van der Waals surface area (Å²) in [4.78, 5) is 17.3. The summed E-state index contributed by atoms with van der Waals surface area (Å²) in [6.45, 7) is 4.65. The zero-order valence-electron chi connectivity index (χ0n) is 11.0. The third kappa shape index (κ3) is 2.58. The van der Waals surface area contributed by atoms with Gasteiger partial charge in [-0.1, -0.05) is 26.0 Å². The van der Waals surface area contributed by atoms with Crippen LogP contribution in [-0.2, 0) is 0 Å². The molecule has 0 bridgehead atoms. The summed E-state index contributed by atoms with van der Waals surface area (Å²) in [6.07, 6.45) is 0. The number of urea groups is 1. The molecule has 0 spiro atoms. The first kappa shape index (κ1) is 13.1. The number of carbonyl (C=O) groups excluding carboxylic acids is 1. The van der Waals surface area contributed by atoms with Crippen molar-refractivity contribution in [3.05, 3.63) is 35.4 Å². The highest BCUT2D eigenvalue weighted by Crippen LogP contribution is 2.28. The van der Waals surface area contributed by atoms with Crippen LogP contribution in [0.5, 0.6) is 0 Å². The molecule has 19 heavy (non-hydrogen) atoms. The van der Waals surface area contributed by atoms with E-state index in [4.69, 9.17) is 11.0 Å². The Kier molecular flexibility index (Phi) is 3.52. The molecule has 5 nitrogen and oxygen atoms in total. The van der Waals surface area contributed by atoms with E-state index in [2.05, 4.69) is 11.1 Å². The Morgan fingerprint density at radius 2 is 2.26 bits per heavy atom. The van der Waals surface area contributed by atoms with Gasteiger partial charge in [-0.3, -0.25) is 0 Å². The van der Waals surface area contributed by atoms with Crippen LogP contribution in [0.1, 0.15) is 31.0 Å². The molecule has 0 fully saturated rings. The summed E-state index contributed by atoms with van der Waals surface area (Å²) in [5, 5.41) is 8.94. The number of aliphatic imine (C=N–C) groups is 1. The molecule has 1 heterocycles. The van der Waals surface area contributed by atoms with Gasteiger partial charge in [-0.15, -0.1) is 0 Å². The number of nitrogens with two attached hydrogens (primary N) is 1. The molecule has 1 aromatic carbocycles. The number of carbonyl (C=O) groups is 1. The normalized spacial score (nSPS) is 18.6. The first-order valence-corrected chi connectivity index (χ1v) is 6.17. The molecule has 98 valence electrons. The van der Waals surface area contributed by atoms with Gasteiger partial charge >= 0.3 is 6.03 Å². The van der Waals surface area contributed by atoms with Gasteiger partial charge in [0.2, 0.25) is 0 Å². The first-order chi connectivity index (χ1) is 9.02. The molecule has 1 unspecified atom stereocenters. The van der Waals surface area contributed by atoms with Gasteiger partial charge in [0.1, 0.15) is 11.9 Å². The topological polar surface area (TPSA) is 82.5 Å². The van der Waals surface area contributed by atoms with Crippen molar-refractivity contribution >= 4 is 11.9 Å². The fourth-order valence-corrected chi connectivity index (χ4v) is 2.21. The molecule has 0 saturated carbocycles. The zero-order valence-corrected chi connectivity index (χ0v) is 11.0. The van der Waals surface area contributed by atoms with E-state index in [0.717, 1.165) is 5.56 Å². The molecule has 1 aromatic rings. The van der Waals surface area contributed by atoms with Crippen LogP contribution in [0.15, 0.2) is 29.3 Å². The van der Waals surface area contributed by atoms with Crippen molar-refractivity contribution in [3.63, 3.8) is 0 Å². The molecule has 1 aliphatic rings. The SMILES string of the molecule is CC(C)CN1C(=O)N=C(N)C1c1cccc(C#N)c1. The van der Waals surface area contributed by atoms with E-state index in [9.17, 15) is 4.79 Å². The van der Waals surface area contributed by atoms with E-state index in [-0.39, 0.29) is 12.1 Å². The largest absolute Gasteiger partial charge is 0.385 e. The highest BCUT2D eigenvalue weighted by molar-refractivity contribution is 6.03. The fraction of sp³-hybridized carbons (Fsp3) is 0.357. The number of benzene rings is 1. The number of amides is 2. The van der Waals surface area contributed by atoms with E-state index in [1.54, 1.807) is 23.1 Å². The van der Waals surface area contributed by atoms with Crippen LogP contribution in [0.3, 0.4) is 0 Å². The van der Waals surface area contributed by atoms with E-state index in [1.165, 1.54) is 0 Å². The zero-order chi connectivity index (χ0) is 14.0. The molecule has 2 amide bonds. The fourth-order valence-electron chi connectivity index (χ4n) is 2.21. The number of amidine groups is 1. The number of hydrogen-bond acceptors (Lipinski definition) is 3. The standard InChI is InChI=1S/C14H16N4O/c1-9(2)8-18-12(13(16)17-14(18)19)11-5-3-4-10(6-11)7-15/h3-6,9,12H,8H2,1-2H3,(H2,16,17,19). The summed E-state index contributed by atoms with van der Waals surface area (Å²) >= 11 is 0. The van der Waals surface area contributed by atoms with Crippen LogP contribution in [0.4, 0.5) is 4.79 Å². The Labute approximate surface area is 112 Å². The number of nitrogens with zero attached hydrogens (tertiary/aromatic N) is 3. The van der Waals surface area contributed by atoms with Crippen LogP contribution in [0.2, 0.25) is 0 Å². The van der Waals surface area contributed by atoms with Crippen molar-refractivity contribution in [2.45, 2.75) is 19.9 Å². The lowest BCUT2D eigenvalue weighted by Gasteiger charge is -2.26. The minimum atomic E-state index is -0.358. The lowest BCUT2D eigenvalue weighted by Crippen LogP contribution is -2.35. The number of hydrogen-bond donors (Lipinski definition) is 1. The third-order valence-corrected chi connectivity index (χ3v) is 2.96. The van der Waals surface area contributed by atoms with Crippen molar-refractivity contribution in [2.24, 2.45) is 16.6 Å². The minimum absolute atomic E-state index is 0.292. The Morgan fingerprint density at radius 1 is 1.53 bits per heavy atom. The van der Waals surface area contributed by atoms with E-state index in [1.807, 2.05) is 19.9 Å². The molecule has 1 atom stereocenters. The van der Waals surface area contributed by atoms with Crippen molar-refractivity contribution < 1.29 is 4.79 Å². The Morgan fingerprint density at radius 3 is 2.89 bits per heavy atom. The highest BCUT2D eigenvalue weighted by atomic mass is 16.2. The average molecular weight is 256 g/mol. The van der Waals surface area contributed by atoms with Crippen molar-refractivity contribution in [1.29, 1.82) is 5.26 Å². The van der Waals surface area contributed by atoms with Crippen molar-refractivity contribution in [2.75, 3.05) is 6.54 Å². The molecule has 0 radical (unpaired) electrons. The van der Waals surface area contributed by atoms with Gasteiger partial charge in [0, 0.05) is 6.54 Å².